The number of halogens is 1. The van der Waals surface area contributed by atoms with Crippen LogP contribution in [0.5, 0.6) is 0 Å². The minimum Gasteiger partial charge on any atom is -0.459 e. The van der Waals surface area contributed by atoms with Crippen molar-refractivity contribution in [3.05, 3.63) is 87.6 Å². The van der Waals surface area contributed by atoms with Gasteiger partial charge in [-0.05, 0) is 35.7 Å². The minimum atomic E-state index is -0.600. The standard InChI is InChI=1S/C24H23FN4O4/c25-19-14-22(29(31)32)21(15-20(19)28-8-7-17-4-1-2-5-18(17)16-28)26-9-11-27(12-10-26)24(30)23-6-3-13-33-23/h1-6,13-15H,7-12,16H2. The third-order valence-electron chi connectivity index (χ3n) is 6.35. The van der Waals surface area contributed by atoms with Gasteiger partial charge in [0.2, 0.25) is 0 Å². The van der Waals surface area contributed by atoms with Crippen LogP contribution in [0.4, 0.5) is 21.5 Å². The fourth-order valence-electron chi connectivity index (χ4n) is 4.59. The number of hydrogen-bond acceptors (Lipinski definition) is 6. The number of carbonyl (C=O) groups is 1. The van der Waals surface area contributed by atoms with Crippen molar-refractivity contribution in [3.63, 3.8) is 0 Å². The molecule has 2 aromatic carbocycles. The summed E-state index contributed by atoms with van der Waals surface area (Å²) in [6.07, 6.45) is 2.24. The summed E-state index contributed by atoms with van der Waals surface area (Å²) in [6, 6.07) is 13.9. The molecule has 0 radical (unpaired) electrons. The fraction of sp³-hybridized carbons (Fsp3) is 0.292. The summed E-state index contributed by atoms with van der Waals surface area (Å²) in [5, 5.41) is 11.7. The van der Waals surface area contributed by atoms with Crippen molar-refractivity contribution in [2.24, 2.45) is 0 Å². The summed E-state index contributed by atoms with van der Waals surface area (Å²) in [5.41, 5.74) is 2.85. The van der Waals surface area contributed by atoms with E-state index in [2.05, 4.69) is 6.07 Å². The molecule has 0 spiro atoms. The number of rotatable bonds is 4. The van der Waals surface area contributed by atoms with Crippen LogP contribution >= 0.6 is 0 Å². The third-order valence-corrected chi connectivity index (χ3v) is 6.35. The van der Waals surface area contributed by atoms with E-state index >= 15 is 4.39 Å². The number of nitro groups is 1. The second-order valence-corrected chi connectivity index (χ2v) is 8.25. The molecule has 0 bridgehead atoms. The quantitative estimate of drug-likeness (QED) is 0.444. The Hall–Kier alpha value is -3.88. The average molecular weight is 450 g/mol. The molecule has 9 heteroatoms. The topological polar surface area (TPSA) is 83.1 Å². The van der Waals surface area contributed by atoms with Crippen molar-refractivity contribution in [2.75, 3.05) is 42.5 Å². The Balaban J connectivity index is 1.39. The molecule has 8 nitrogen and oxygen atoms in total. The molecule has 0 aliphatic carbocycles. The van der Waals surface area contributed by atoms with Crippen molar-refractivity contribution in [2.45, 2.75) is 13.0 Å². The van der Waals surface area contributed by atoms with Crippen LogP contribution in [0.2, 0.25) is 0 Å². The van der Waals surface area contributed by atoms with Gasteiger partial charge in [0.25, 0.3) is 11.6 Å². The van der Waals surface area contributed by atoms with Gasteiger partial charge in [0.1, 0.15) is 5.69 Å². The molecule has 1 amide bonds. The second kappa shape index (κ2) is 8.57. The second-order valence-electron chi connectivity index (χ2n) is 8.25. The lowest BCUT2D eigenvalue weighted by Crippen LogP contribution is -2.49. The molecule has 1 saturated heterocycles. The van der Waals surface area contributed by atoms with Crippen LogP contribution in [-0.4, -0.2) is 48.5 Å². The van der Waals surface area contributed by atoms with Crippen LogP contribution in [0.25, 0.3) is 0 Å². The zero-order valence-electron chi connectivity index (χ0n) is 17.9. The monoisotopic (exact) mass is 450 g/mol. The number of nitrogens with zero attached hydrogens (tertiary/aromatic N) is 4. The smallest absolute Gasteiger partial charge is 0.295 e. The maximum absolute atomic E-state index is 15.0. The number of hydrogen-bond donors (Lipinski definition) is 0. The van der Waals surface area contributed by atoms with Crippen LogP contribution < -0.4 is 9.80 Å². The predicted octanol–water partition coefficient (Wildman–Crippen LogP) is 3.85. The van der Waals surface area contributed by atoms with Gasteiger partial charge in [0, 0.05) is 39.3 Å². The van der Waals surface area contributed by atoms with Gasteiger partial charge in [-0.2, -0.15) is 0 Å². The highest BCUT2D eigenvalue weighted by Gasteiger charge is 2.30. The van der Waals surface area contributed by atoms with E-state index in [-0.39, 0.29) is 17.4 Å². The Morgan fingerprint density at radius 1 is 0.939 bits per heavy atom. The molecule has 3 aromatic rings. The van der Waals surface area contributed by atoms with E-state index in [1.54, 1.807) is 23.1 Å². The third kappa shape index (κ3) is 4.02. The van der Waals surface area contributed by atoms with Crippen LogP contribution in [0.1, 0.15) is 21.7 Å². The normalized spacial score (nSPS) is 16.0. The molecule has 33 heavy (non-hydrogen) atoms. The molecule has 2 aliphatic rings. The largest absolute Gasteiger partial charge is 0.459 e. The first-order valence-corrected chi connectivity index (χ1v) is 10.9. The lowest BCUT2D eigenvalue weighted by atomic mass is 9.99. The molecule has 170 valence electrons. The maximum Gasteiger partial charge on any atom is 0.295 e. The molecule has 0 N–H and O–H groups in total. The summed E-state index contributed by atoms with van der Waals surface area (Å²) < 4.78 is 20.2. The highest BCUT2D eigenvalue weighted by atomic mass is 19.1. The van der Waals surface area contributed by atoms with Crippen molar-refractivity contribution >= 4 is 23.0 Å². The highest BCUT2D eigenvalue weighted by Crippen LogP contribution is 2.37. The first-order chi connectivity index (χ1) is 16.0. The van der Waals surface area contributed by atoms with Gasteiger partial charge in [-0.1, -0.05) is 24.3 Å². The van der Waals surface area contributed by atoms with E-state index in [1.807, 2.05) is 28.0 Å². The molecule has 0 saturated carbocycles. The van der Waals surface area contributed by atoms with E-state index in [9.17, 15) is 14.9 Å². The molecule has 3 heterocycles. The van der Waals surface area contributed by atoms with E-state index in [0.29, 0.717) is 50.6 Å². The fourth-order valence-corrected chi connectivity index (χ4v) is 4.59. The van der Waals surface area contributed by atoms with E-state index in [0.717, 1.165) is 18.1 Å². The summed E-state index contributed by atoms with van der Waals surface area (Å²) in [6.45, 7) is 2.77. The maximum atomic E-state index is 15.0. The Morgan fingerprint density at radius 2 is 1.70 bits per heavy atom. The molecule has 1 fully saturated rings. The lowest BCUT2D eigenvalue weighted by Gasteiger charge is -2.36. The summed E-state index contributed by atoms with van der Waals surface area (Å²) in [4.78, 5) is 29.1. The Bertz CT molecular complexity index is 1190. The van der Waals surface area contributed by atoms with Crippen molar-refractivity contribution < 1.29 is 18.5 Å². The molecule has 5 rings (SSSR count). The highest BCUT2D eigenvalue weighted by molar-refractivity contribution is 5.91. The molecular weight excluding hydrogens is 427 g/mol. The molecule has 0 unspecified atom stereocenters. The van der Waals surface area contributed by atoms with Crippen LogP contribution in [-0.2, 0) is 13.0 Å². The number of piperazine rings is 1. The van der Waals surface area contributed by atoms with Crippen LogP contribution in [0, 0.1) is 15.9 Å². The first kappa shape index (κ1) is 21.0. The number of anilines is 2. The average Bonchev–Trinajstić information content (AvgIpc) is 3.38. The predicted molar refractivity (Wildman–Crippen MR) is 121 cm³/mol. The Labute approximate surface area is 190 Å². The van der Waals surface area contributed by atoms with E-state index in [1.165, 1.54) is 11.8 Å². The van der Waals surface area contributed by atoms with E-state index in [4.69, 9.17) is 4.42 Å². The Morgan fingerprint density at radius 3 is 2.39 bits per heavy atom. The number of carbonyl (C=O) groups excluding carboxylic acids is 1. The summed E-state index contributed by atoms with van der Waals surface area (Å²) >= 11 is 0. The SMILES string of the molecule is O=C(c1ccco1)N1CCN(c2cc(N3CCc4ccccc4C3)c(F)cc2[N+](=O)[O-])CC1. The van der Waals surface area contributed by atoms with Gasteiger partial charge in [0.15, 0.2) is 11.6 Å². The van der Waals surface area contributed by atoms with Crippen molar-refractivity contribution in [1.82, 2.24) is 4.90 Å². The molecule has 1 aromatic heterocycles. The van der Waals surface area contributed by atoms with Crippen LogP contribution in [0.3, 0.4) is 0 Å². The van der Waals surface area contributed by atoms with Crippen molar-refractivity contribution in [1.29, 1.82) is 0 Å². The molecule has 0 atom stereocenters. The van der Waals surface area contributed by atoms with Gasteiger partial charge < -0.3 is 19.1 Å². The summed E-state index contributed by atoms with van der Waals surface area (Å²) in [7, 11) is 0. The van der Waals surface area contributed by atoms with Gasteiger partial charge in [-0.25, -0.2) is 4.39 Å². The molecule has 2 aliphatic heterocycles. The number of furan rings is 1. The number of nitro benzene ring substituents is 1. The number of amides is 1. The molecular formula is C24H23FN4O4. The Kier molecular flexibility index (Phi) is 5.45. The van der Waals surface area contributed by atoms with Gasteiger partial charge in [-0.15, -0.1) is 0 Å². The first-order valence-electron chi connectivity index (χ1n) is 10.9. The van der Waals surface area contributed by atoms with E-state index < -0.39 is 10.7 Å². The zero-order valence-corrected chi connectivity index (χ0v) is 17.9. The lowest BCUT2D eigenvalue weighted by molar-refractivity contribution is -0.384. The van der Waals surface area contributed by atoms with Gasteiger partial charge in [-0.3, -0.25) is 14.9 Å². The number of benzene rings is 2. The van der Waals surface area contributed by atoms with Crippen molar-refractivity contribution in [3.8, 4) is 0 Å². The zero-order chi connectivity index (χ0) is 22.9. The van der Waals surface area contributed by atoms with Gasteiger partial charge in [0.05, 0.1) is 22.9 Å². The number of fused-ring (bicyclic) bond motifs is 1. The van der Waals surface area contributed by atoms with Crippen LogP contribution in [0.15, 0.2) is 59.2 Å². The summed E-state index contributed by atoms with van der Waals surface area (Å²) in [5.74, 6) is -0.540. The minimum absolute atomic E-state index is 0.207. The van der Waals surface area contributed by atoms with Gasteiger partial charge >= 0.3 is 0 Å².